The summed E-state index contributed by atoms with van der Waals surface area (Å²) in [5.74, 6) is 0.868. The van der Waals surface area contributed by atoms with Gasteiger partial charge in [-0.3, -0.25) is 0 Å². The van der Waals surface area contributed by atoms with E-state index >= 15 is 0 Å². The van der Waals surface area contributed by atoms with Crippen LogP contribution in [0.2, 0.25) is 0 Å². The molecule has 0 aliphatic heterocycles. The molecule has 0 saturated heterocycles. The van der Waals surface area contributed by atoms with Gasteiger partial charge >= 0.3 is 18.9 Å². The Balaban J connectivity index is 0.00000242. The Bertz CT molecular complexity index is 614. The average molecular weight is 306 g/mol. The zero-order valence-electron chi connectivity index (χ0n) is 13.7. The molecule has 0 aliphatic carbocycles. The summed E-state index contributed by atoms with van der Waals surface area (Å²) in [6, 6.07) is 15.3. The molecule has 2 aromatic rings. The van der Waals surface area contributed by atoms with E-state index in [4.69, 9.17) is 4.74 Å². The quantitative estimate of drug-likeness (QED) is 0.598. The van der Waals surface area contributed by atoms with E-state index in [1.165, 1.54) is 0 Å². The summed E-state index contributed by atoms with van der Waals surface area (Å²) in [4.78, 5) is 12.2. The molecule has 2 rings (SSSR count). The van der Waals surface area contributed by atoms with Crippen molar-refractivity contribution < 1.29 is 28.4 Å². The Labute approximate surface area is 146 Å². The first-order chi connectivity index (χ1) is 10.1. The topological polar surface area (TPSA) is 26.3 Å². The maximum Gasteiger partial charge on any atom is 1.00 e. The van der Waals surface area contributed by atoms with Gasteiger partial charge in [-0.15, -0.1) is 0 Å². The molecule has 0 aromatic heterocycles. The van der Waals surface area contributed by atoms with E-state index < -0.39 is 0 Å². The van der Waals surface area contributed by atoms with Crippen molar-refractivity contribution in [2.24, 2.45) is 0 Å². The fourth-order valence-corrected chi connectivity index (χ4v) is 2.78. The summed E-state index contributed by atoms with van der Waals surface area (Å²) in [5, 5.41) is 1.03. The van der Waals surface area contributed by atoms with Gasteiger partial charge in [0, 0.05) is 5.52 Å². The van der Waals surface area contributed by atoms with Gasteiger partial charge in [0.15, 0.2) is 0 Å². The zero-order valence-corrected chi connectivity index (χ0v) is 14.6. The van der Waals surface area contributed by atoms with Crippen LogP contribution >= 0.6 is 8.58 Å². The molecule has 110 valence electrons. The SMILES string of the molecule is CCC(C)Oc1ccc([P-]C(=O)c2ccccc2)c(C)c1.[Li+]. The maximum absolute atomic E-state index is 12.2. The van der Waals surface area contributed by atoms with Crippen molar-refractivity contribution in [2.45, 2.75) is 33.3 Å². The van der Waals surface area contributed by atoms with Crippen molar-refractivity contribution >= 4 is 19.4 Å². The first-order valence-corrected chi connectivity index (χ1v) is 8.08. The minimum Gasteiger partial charge on any atom is -0.491 e. The third-order valence-electron chi connectivity index (χ3n) is 3.32. The smallest absolute Gasteiger partial charge is 0.491 e. The van der Waals surface area contributed by atoms with Crippen molar-refractivity contribution in [3.63, 3.8) is 0 Å². The minimum absolute atomic E-state index is 0. The molecule has 0 bridgehead atoms. The molecule has 0 N–H and O–H groups in total. The molecule has 1 atom stereocenters. The maximum atomic E-state index is 12.2. The van der Waals surface area contributed by atoms with Gasteiger partial charge < -0.3 is 18.1 Å². The molecule has 0 spiro atoms. The van der Waals surface area contributed by atoms with E-state index in [9.17, 15) is 4.79 Å². The average Bonchev–Trinajstić information content (AvgIpc) is 2.50. The number of hydrogen-bond donors (Lipinski definition) is 0. The van der Waals surface area contributed by atoms with Crippen molar-refractivity contribution in [2.75, 3.05) is 0 Å². The molecule has 22 heavy (non-hydrogen) atoms. The number of carbonyl (C=O) groups excluding carboxylic acids is 1. The number of benzene rings is 2. The number of aryl methyl sites for hydroxylation is 1. The van der Waals surface area contributed by atoms with Crippen LogP contribution in [0.15, 0.2) is 48.5 Å². The van der Waals surface area contributed by atoms with Gasteiger partial charge in [-0.05, 0) is 38.0 Å². The van der Waals surface area contributed by atoms with Crippen LogP contribution in [0.5, 0.6) is 5.75 Å². The predicted octanol–water partition coefficient (Wildman–Crippen LogP) is 1.59. The van der Waals surface area contributed by atoms with Crippen LogP contribution < -0.4 is 28.9 Å². The summed E-state index contributed by atoms with van der Waals surface area (Å²) in [5.41, 5.74) is 1.95. The summed E-state index contributed by atoms with van der Waals surface area (Å²) in [6.45, 7) is 6.17. The molecule has 0 radical (unpaired) electrons. The largest absolute Gasteiger partial charge is 1.00 e. The first kappa shape index (κ1) is 19.0. The standard InChI is InChI=1S/C18H20O2P.Li/c1-4-14(3)20-16-10-11-17(13(2)12-16)21-18(19)15-8-6-5-7-9-15;/h5-12,14H,4H2,1-3H3;/q-1;+1. The first-order valence-electron chi connectivity index (χ1n) is 7.18. The van der Waals surface area contributed by atoms with Gasteiger partial charge in [-0.2, -0.15) is 5.30 Å². The van der Waals surface area contributed by atoms with Crippen molar-refractivity contribution in [3.05, 3.63) is 59.7 Å². The van der Waals surface area contributed by atoms with Crippen molar-refractivity contribution in [3.8, 4) is 5.75 Å². The van der Waals surface area contributed by atoms with E-state index in [-0.39, 0.29) is 30.5 Å². The van der Waals surface area contributed by atoms with Crippen LogP contribution in [0.4, 0.5) is 0 Å². The summed E-state index contributed by atoms with van der Waals surface area (Å²) < 4.78 is 5.80. The third-order valence-corrected chi connectivity index (χ3v) is 4.53. The predicted molar refractivity (Wildman–Crippen MR) is 88.9 cm³/mol. The Morgan fingerprint density at radius 1 is 1.18 bits per heavy atom. The van der Waals surface area contributed by atoms with E-state index in [2.05, 4.69) is 13.8 Å². The second-order valence-electron chi connectivity index (χ2n) is 5.07. The summed E-state index contributed by atoms with van der Waals surface area (Å²) >= 11 is 0. The van der Waals surface area contributed by atoms with E-state index in [1.807, 2.05) is 55.5 Å². The van der Waals surface area contributed by atoms with Gasteiger partial charge in [0.25, 0.3) is 0 Å². The number of ether oxygens (including phenoxy) is 1. The number of carbonyl (C=O) groups is 1. The number of rotatable bonds is 6. The van der Waals surface area contributed by atoms with Gasteiger partial charge in [0.2, 0.25) is 0 Å². The van der Waals surface area contributed by atoms with E-state index in [0.29, 0.717) is 8.58 Å². The Morgan fingerprint density at radius 2 is 1.86 bits per heavy atom. The van der Waals surface area contributed by atoms with Crippen molar-refractivity contribution in [1.82, 2.24) is 0 Å². The molecule has 1 unspecified atom stereocenters. The van der Waals surface area contributed by atoms with Crippen LogP contribution in [-0.4, -0.2) is 11.6 Å². The molecule has 2 nitrogen and oxygen atoms in total. The third kappa shape index (κ3) is 5.29. The van der Waals surface area contributed by atoms with Gasteiger partial charge in [-0.25, -0.2) is 0 Å². The van der Waals surface area contributed by atoms with E-state index in [1.54, 1.807) is 0 Å². The molecule has 0 fully saturated rings. The monoisotopic (exact) mass is 306 g/mol. The molecule has 4 heteroatoms. The van der Waals surface area contributed by atoms with Crippen LogP contribution in [0.25, 0.3) is 0 Å². The van der Waals surface area contributed by atoms with Crippen LogP contribution in [0.3, 0.4) is 0 Å². The Hall–Kier alpha value is -1.06. The normalized spacial score (nSPS) is 12.0. The molecule has 0 saturated carbocycles. The molecule has 0 aliphatic rings. The molecule has 0 amide bonds. The van der Waals surface area contributed by atoms with Crippen LogP contribution in [0, 0.1) is 6.92 Å². The van der Waals surface area contributed by atoms with Crippen molar-refractivity contribution in [1.29, 1.82) is 0 Å². The molecular formula is C18H20LiO2P. The Kier molecular flexibility index (Phi) is 7.91. The van der Waals surface area contributed by atoms with Gasteiger partial charge in [0.05, 0.1) is 6.10 Å². The van der Waals surface area contributed by atoms with Gasteiger partial charge in [0.1, 0.15) is 5.75 Å². The van der Waals surface area contributed by atoms with Crippen LogP contribution in [0.1, 0.15) is 36.2 Å². The Morgan fingerprint density at radius 3 is 2.45 bits per heavy atom. The number of hydrogen-bond acceptors (Lipinski definition) is 2. The summed E-state index contributed by atoms with van der Waals surface area (Å²) in [7, 11) is 0.707. The fourth-order valence-electron chi connectivity index (χ4n) is 1.90. The molecular weight excluding hydrogens is 286 g/mol. The van der Waals surface area contributed by atoms with Crippen LogP contribution in [-0.2, 0) is 0 Å². The zero-order chi connectivity index (χ0) is 15.2. The molecule has 0 heterocycles. The fraction of sp³-hybridized carbons (Fsp3) is 0.278. The second-order valence-corrected chi connectivity index (χ2v) is 6.18. The summed E-state index contributed by atoms with van der Waals surface area (Å²) in [6.07, 6.45) is 1.18. The van der Waals surface area contributed by atoms with E-state index in [0.717, 1.165) is 28.6 Å². The minimum atomic E-state index is 0. The van der Waals surface area contributed by atoms with Gasteiger partial charge in [-0.1, -0.05) is 48.9 Å². The molecule has 2 aromatic carbocycles. The second kappa shape index (κ2) is 9.16.